The Morgan fingerprint density at radius 3 is 2.78 bits per heavy atom. The molecule has 2 nitrogen and oxygen atoms in total. The third-order valence-corrected chi connectivity index (χ3v) is 4.80. The number of thiophene rings is 1. The molecule has 1 fully saturated rings. The average molecular weight is 261 g/mol. The van der Waals surface area contributed by atoms with Gasteiger partial charge in [-0.25, -0.2) is 0 Å². The van der Waals surface area contributed by atoms with Crippen molar-refractivity contribution in [2.75, 3.05) is 0 Å². The SMILES string of the molecule is CCc1ccc(Cn2ccc(C(O)C3CC3)c2)s1. The summed E-state index contributed by atoms with van der Waals surface area (Å²) in [6.07, 6.45) is 7.39. The minimum atomic E-state index is -0.249. The van der Waals surface area contributed by atoms with Gasteiger partial charge in [-0.1, -0.05) is 6.92 Å². The first-order valence-corrected chi connectivity index (χ1v) is 7.49. The molecule has 1 aliphatic carbocycles. The molecule has 0 radical (unpaired) electrons. The predicted octanol–water partition coefficient (Wildman–Crippen LogP) is 3.60. The Kier molecular flexibility index (Phi) is 3.27. The van der Waals surface area contributed by atoms with Crippen LogP contribution < -0.4 is 0 Å². The Hall–Kier alpha value is -1.06. The van der Waals surface area contributed by atoms with Crippen LogP contribution in [0.3, 0.4) is 0 Å². The van der Waals surface area contributed by atoms with Crippen LogP contribution in [0, 0.1) is 5.92 Å². The molecule has 0 bridgehead atoms. The Bertz CT molecular complexity index is 524. The van der Waals surface area contributed by atoms with Crippen LogP contribution in [0.1, 0.15) is 41.2 Å². The second kappa shape index (κ2) is 4.90. The standard InChI is InChI=1S/C15H19NOS/c1-2-13-5-6-14(18-13)10-16-8-7-12(9-16)15(17)11-3-4-11/h5-9,11,15,17H,2-4,10H2,1H3. The van der Waals surface area contributed by atoms with E-state index in [1.807, 2.05) is 11.3 Å². The third kappa shape index (κ3) is 2.52. The molecule has 1 aliphatic rings. The number of hydrogen-bond donors (Lipinski definition) is 1. The lowest BCUT2D eigenvalue weighted by molar-refractivity contribution is 0.154. The van der Waals surface area contributed by atoms with E-state index in [2.05, 4.69) is 42.1 Å². The molecule has 1 unspecified atom stereocenters. The maximum atomic E-state index is 10.1. The van der Waals surface area contributed by atoms with Gasteiger partial charge in [0.15, 0.2) is 0 Å². The largest absolute Gasteiger partial charge is 0.388 e. The van der Waals surface area contributed by atoms with Gasteiger partial charge < -0.3 is 9.67 Å². The average Bonchev–Trinajstić information content (AvgIpc) is 2.96. The van der Waals surface area contributed by atoms with E-state index >= 15 is 0 Å². The molecule has 3 rings (SSSR count). The van der Waals surface area contributed by atoms with Crippen LogP contribution in [0.2, 0.25) is 0 Å². The smallest absolute Gasteiger partial charge is 0.0832 e. The molecule has 0 saturated heterocycles. The number of rotatable bonds is 5. The van der Waals surface area contributed by atoms with Crippen molar-refractivity contribution in [3.8, 4) is 0 Å². The number of aliphatic hydroxyl groups is 1. The van der Waals surface area contributed by atoms with Crippen LogP contribution in [0.15, 0.2) is 30.6 Å². The lowest BCUT2D eigenvalue weighted by atomic mass is 10.1. The Morgan fingerprint density at radius 2 is 2.11 bits per heavy atom. The topological polar surface area (TPSA) is 25.2 Å². The molecule has 18 heavy (non-hydrogen) atoms. The summed E-state index contributed by atoms with van der Waals surface area (Å²) in [5.41, 5.74) is 1.07. The van der Waals surface area contributed by atoms with E-state index in [0.717, 1.165) is 18.5 Å². The first kappa shape index (κ1) is 12.0. The third-order valence-electron chi connectivity index (χ3n) is 3.59. The molecule has 96 valence electrons. The number of aromatic nitrogens is 1. The van der Waals surface area contributed by atoms with Gasteiger partial charge >= 0.3 is 0 Å². The highest BCUT2D eigenvalue weighted by atomic mass is 32.1. The summed E-state index contributed by atoms with van der Waals surface area (Å²) >= 11 is 1.88. The number of aliphatic hydroxyl groups excluding tert-OH is 1. The Labute approximate surface area is 112 Å². The molecule has 0 amide bonds. The van der Waals surface area contributed by atoms with Crippen molar-refractivity contribution in [1.29, 1.82) is 0 Å². The molecule has 2 aromatic rings. The normalized spacial score (nSPS) is 17.0. The van der Waals surface area contributed by atoms with Gasteiger partial charge in [0.2, 0.25) is 0 Å². The molecule has 2 heterocycles. The van der Waals surface area contributed by atoms with E-state index in [0.29, 0.717) is 5.92 Å². The molecule has 2 aromatic heterocycles. The number of hydrogen-bond acceptors (Lipinski definition) is 2. The molecule has 3 heteroatoms. The van der Waals surface area contributed by atoms with Gasteiger partial charge in [-0.3, -0.25) is 0 Å². The summed E-state index contributed by atoms with van der Waals surface area (Å²) in [5, 5.41) is 10.1. The number of aryl methyl sites for hydroxylation is 1. The lowest BCUT2D eigenvalue weighted by Crippen LogP contribution is -1.98. The maximum absolute atomic E-state index is 10.1. The van der Waals surface area contributed by atoms with Gasteiger partial charge in [-0.15, -0.1) is 11.3 Å². The van der Waals surface area contributed by atoms with Gasteiger partial charge in [-0.2, -0.15) is 0 Å². The van der Waals surface area contributed by atoms with E-state index in [1.54, 1.807) is 0 Å². The van der Waals surface area contributed by atoms with Gasteiger partial charge in [0.05, 0.1) is 12.6 Å². The van der Waals surface area contributed by atoms with Crippen LogP contribution >= 0.6 is 11.3 Å². The monoisotopic (exact) mass is 261 g/mol. The summed E-state index contributed by atoms with van der Waals surface area (Å²) in [7, 11) is 0. The fraction of sp³-hybridized carbons (Fsp3) is 0.467. The van der Waals surface area contributed by atoms with Gasteiger partial charge in [-0.05, 0) is 48.9 Å². The molecule has 0 aliphatic heterocycles. The fourth-order valence-electron chi connectivity index (χ4n) is 2.29. The van der Waals surface area contributed by atoms with Gasteiger partial charge in [0.25, 0.3) is 0 Å². The van der Waals surface area contributed by atoms with Crippen molar-refractivity contribution < 1.29 is 5.11 Å². The zero-order valence-corrected chi connectivity index (χ0v) is 11.5. The predicted molar refractivity (Wildman–Crippen MR) is 74.9 cm³/mol. The quantitative estimate of drug-likeness (QED) is 0.874. The summed E-state index contributed by atoms with van der Waals surface area (Å²) in [6, 6.07) is 6.47. The summed E-state index contributed by atoms with van der Waals surface area (Å²) in [4.78, 5) is 2.82. The minimum absolute atomic E-state index is 0.249. The summed E-state index contributed by atoms with van der Waals surface area (Å²) in [6.45, 7) is 3.11. The van der Waals surface area contributed by atoms with Crippen molar-refractivity contribution in [3.05, 3.63) is 45.9 Å². The molecular formula is C15H19NOS. The van der Waals surface area contributed by atoms with Crippen LogP contribution in [0.5, 0.6) is 0 Å². The summed E-state index contributed by atoms with van der Waals surface area (Å²) < 4.78 is 2.17. The number of nitrogens with zero attached hydrogens (tertiary/aromatic N) is 1. The Balaban J connectivity index is 1.69. The van der Waals surface area contributed by atoms with Crippen LogP contribution in [-0.4, -0.2) is 9.67 Å². The molecule has 0 aromatic carbocycles. The Morgan fingerprint density at radius 1 is 1.33 bits per heavy atom. The van der Waals surface area contributed by atoms with Crippen LogP contribution in [-0.2, 0) is 13.0 Å². The van der Waals surface area contributed by atoms with Gasteiger partial charge in [0.1, 0.15) is 0 Å². The van der Waals surface area contributed by atoms with Gasteiger partial charge in [0, 0.05) is 22.1 Å². The molecule has 1 saturated carbocycles. The van der Waals surface area contributed by atoms with Crippen LogP contribution in [0.25, 0.3) is 0 Å². The van der Waals surface area contributed by atoms with Crippen molar-refractivity contribution in [1.82, 2.24) is 4.57 Å². The zero-order chi connectivity index (χ0) is 12.5. The van der Waals surface area contributed by atoms with E-state index in [-0.39, 0.29) is 6.10 Å². The second-order valence-corrected chi connectivity index (χ2v) is 6.37. The zero-order valence-electron chi connectivity index (χ0n) is 10.7. The van der Waals surface area contributed by atoms with E-state index in [4.69, 9.17) is 0 Å². The highest BCUT2D eigenvalue weighted by Gasteiger charge is 2.31. The van der Waals surface area contributed by atoms with Crippen molar-refractivity contribution in [2.24, 2.45) is 5.92 Å². The first-order valence-electron chi connectivity index (χ1n) is 6.67. The van der Waals surface area contributed by atoms with Crippen molar-refractivity contribution in [3.63, 3.8) is 0 Å². The summed E-state index contributed by atoms with van der Waals surface area (Å²) in [5.74, 6) is 0.509. The molecule has 1 atom stereocenters. The van der Waals surface area contributed by atoms with E-state index < -0.39 is 0 Å². The van der Waals surface area contributed by atoms with Crippen molar-refractivity contribution >= 4 is 11.3 Å². The fourth-order valence-corrected chi connectivity index (χ4v) is 3.26. The molecule has 1 N–H and O–H groups in total. The highest BCUT2D eigenvalue weighted by Crippen LogP contribution is 2.40. The second-order valence-electron chi connectivity index (χ2n) is 5.12. The van der Waals surface area contributed by atoms with Crippen molar-refractivity contribution in [2.45, 2.75) is 38.8 Å². The van der Waals surface area contributed by atoms with E-state index in [1.165, 1.54) is 22.6 Å². The maximum Gasteiger partial charge on any atom is 0.0832 e. The molecule has 0 spiro atoms. The minimum Gasteiger partial charge on any atom is -0.388 e. The first-order chi connectivity index (χ1) is 8.76. The molecular weight excluding hydrogens is 242 g/mol. The van der Waals surface area contributed by atoms with Crippen LogP contribution in [0.4, 0.5) is 0 Å². The highest BCUT2D eigenvalue weighted by molar-refractivity contribution is 7.11. The lowest BCUT2D eigenvalue weighted by Gasteiger charge is -2.05. The van der Waals surface area contributed by atoms with E-state index in [9.17, 15) is 5.11 Å².